The number of aryl methyl sites for hydroxylation is 2. The number of halogens is 1. The van der Waals surface area contributed by atoms with Crippen LogP contribution in [0, 0.1) is 13.8 Å². The standard InChI is InChI=1S/C22H35N5O2.HI/c1-7-23-22(25-16(2)14-20-17(3)26-27(5)18(20)4)24-12-13-29-15-19-10-8-9-11-21(19)28-6;/h8-11,16H,7,12-15H2,1-6H3,(H2,23,24,25);1H. The number of ether oxygens (including phenoxy) is 2. The minimum absolute atomic E-state index is 0. The van der Waals surface area contributed by atoms with Crippen LogP contribution in [0.2, 0.25) is 0 Å². The summed E-state index contributed by atoms with van der Waals surface area (Å²) in [5.74, 6) is 1.65. The van der Waals surface area contributed by atoms with Crippen LogP contribution in [0.3, 0.4) is 0 Å². The van der Waals surface area contributed by atoms with Crippen molar-refractivity contribution in [2.45, 2.75) is 46.8 Å². The summed E-state index contributed by atoms with van der Waals surface area (Å²) in [5, 5.41) is 11.3. The van der Waals surface area contributed by atoms with E-state index in [1.54, 1.807) is 7.11 Å². The molecule has 30 heavy (non-hydrogen) atoms. The van der Waals surface area contributed by atoms with Gasteiger partial charge < -0.3 is 20.1 Å². The molecule has 0 saturated carbocycles. The number of nitrogens with one attached hydrogen (secondary N) is 2. The predicted octanol–water partition coefficient (Wildman–Crippen LogP) is 3.37. The zero-order valence-electron chi connectivity index (χ0n) is 19.0. The zero-order chi connectivity index (χ0) is 21.2. The number of methoxy groups -OCH3 is 1. The second kappa shape index (κ2) is 13.5. The first-order chi connectivity index (χ1) is 14.0. The summed E-state index contributed by atoms with van der Waals surface area (Å²) in [6.45, 7) is 10.9. The van der Waals surface area contributed by atoms with E-state index in [1.807, 2.05) is 36.0 Å². The van der Waals surface area contributed by atoms with Crippen LogP contribution >= 0.6 is 24.0 Å². The number of hydrogen-bond donors (Lipinski definition) is 2. The summed E-state index contributed by atoms with van der Waals surface area (Å²) in [7, 11) is 3.66. The molecule has 0 fully saturated rings. The molecule has 168 valence electrons. The normalized spacial score (nSPS) is 12.3. The van der Waals surface area contributed by atoms with Crippen LogP contribution in [-0.4, -0.2) is 48.6 Å². The molecule has 0 aliphatic heterocycles. The lowest BCUT2D eigenvalue weighted by atomic mass is 10.1. The monoisotopic (exact) mass is 529 g/mol. The van der Waals surface area contributed by atoms with Gasteiger partial charge in [0.05, 0.1) is 32.6 Å². The molecule has 1 atom stereocenters. The lowest BCUT2D eigenvalue weighted by Gasteiger charge is -2.18. The molecule has 0 aliphatic carbocycles. The van der Waals surface area contributed by atoms with E-state index >= 15 is 0 Å². The maximum atomic E-state index is 5.77. The summed E-state index contributed by atoms with van der Waals surface area (Å²) in [6.07, 6.45) is 0.903. The van der Waals surface area contributed by atoms with Gasteiger partial charge in [-0.1, -0.05) is 18.2 Å². The van der Waals surface area contributed by atoms with Crippen LogP contribution in [-0.2, 0) is 24.8 Å². The van der Waals surface area contributed by atoms with Gasteiger partial charge in [-0.3, -0.25) is 9.67 Å². The van der Waals surface area contributed by atoms with Gasteiger partial charge in [-0.2, -0.15) is 5.10 Å². The molecule has 0 spiro atoms. The summed E-state index contributed by atoms with van der Waals surface area (Å²) in [6, 6.07) is 8.13. The summed E-state index contributed by atoms with van der Waals surface area (Å²) in [4.78, 5) is 4.64. The topological polar surface area (TPSA) is 72.7 Å². The van der Waals surface area contributed by atoms with Gasteiger partial charge in [-0.25, -0.2) is 0 Å². The van der Waals surface area contributed by atoms with Gasteiger partial charge in [-0.15, -0.1) is 24.0 Å². The molecule has 0 saturated heterocycles. The number of aromatic nitrogens is 2. The highest BCUT2D eigenvalue weighted by atomic mass is 127. The largest absolute Gasteiger partial charge is 0.496 e. The maximum absolute atomic E-state index is 5.77. The van der Waals surface area contributed by atoms with Crippen molar-refractivity contribution in [2.24, 2.45) is 12.0 Å². The Hall–Kier alpha value is -1.81. The smallest absolute Gasteiger partial charge is 0.191 e. The van der Waals surface area contributed by atoms with Crippen LogP contribution in [0.15, 0.2) is 29.3 Å². The highest BCUT2D eigenvalue weighted by Crippen LogP contribution is 2.18. The Morgan fingerprint density at radius 2 is 2.00 bits per heavy atom. The SMILES string of the molecule is CCNC(=NCCOCc1ccccc1OC)NC(C)Cc1c(C)nn(C)c1C.I. The zero-order valence-corrected chi connectivity index (χ0v) is 21.3. The van der Waals surface area contributed by atoms with Crippen LogP contribution in [0.25, 0.3) is 0 Å². The molecule has 1 unspecified atom stereocenters. The highest BCUT2D eigenvalue weighted by molar-refractivity contribution is 14.0. The minimum Gasteiger partial charge on any atom is -0.496 e. The molecule has 0 radical (unpaired) electrons. The first-order valence-electron chi connectivity index (χ1n) is 10.2. The van der Waals surface area contributed by atoms with E-state index in [0.29, 0.717) is 19.8 Å². The molecule has 8 heteroatoms. The maximum Gasteiger partial charge on any atom is 0.191 e. The van der Waals surface area contributed by atoms with Gasteiger partial charge in [-0.05, 0) is 45.7 Å². The van der Waals surface area contributed by atoms with Crippen LogP contribution in [0.1, 0.15) is 36.4 Å². The van der Waals surface area contributed by atoms with Crippen molar-refractivity contribution in [3.63, 3.8) is 0 Å². The van der Waals surface area contributed by atoms with Crippen molar-refractivity contribution in [1.29, 1.82) is 0 Å². The fourth-order valence-corrected chi connectivity index (χ4v) is 3.25. The fraction of sp³-hybridized carbons (Fsp3) is 0.545. The number of guanidine groups is 1. The van der Waals surface area contributed by atoms with Crippen molar-refractivity contribution in [3.05, 3.63) is 46.8 Å². The van der Waals surface area contributed by atoms with Crippen molar-refractivity contribution in [2.75, 3.05) is 26.8 Å². The first-order valence-corrected chi connectivity index (χ1v) is 10.2. The predicted molar refractivity (Wildman–Crippen MR) is 133 cm³/mol. The van der Waals surface area contributed by atoms with Crippen LogP contribution < -0.4 is 15.4 Å². The Bertz CT molecular complexity index is 807. The molecule has 2 aromatic rings. The number of para-hydroxylation sites is 1. The minimum atomic E-state index is 0. The Kier molecular flexibility index (Phi) is 11.8. The lowest BCUT2D eigenvalue weighted by Crippen LogP contribution is -2.43. The Labute approximate surface area is 197 Å². The molecule has 1 heterocycles. The van der Waals surface area contributed by atoms with Crippen LogP contribution in [0.5, 0.6) is 5.75 Å². The molecule has 0 bridgehead atoms. The van der Waals surface area contributed by atoms with Crippen molar-refractivity contribution >= 4 is 29.9 Å². The van der Waals surface area contributed by atoms with Gasteiger partial charge in [0.25, 0.3) is 0 Å². The number of aliphatic imine (C=N–C) groups is 1. The van der Waals surface area contributed by atoms with E-state index in [9.17, 15) is 0 Å². The van der Waals surface area contributed by atoms with E-state index in [-0.39, 0.29) is 30.0 Å². The Balaban J connectivity index is 0.00000450. The van der Waals surface area contributed by atoms with Gasteiger partial charge >= 0.3 is 0 Å². The number of benzene rings is 1. The molecule has 0 amide bonds. The second-order valence-corrected chi connectivity index (χ2v) is 7.15. The van der Waals surface area contributed by atoms with Gasteiger partial charge in [0.2, 0.25) is 0 Å². The summed E-state index contributed by atoms with van der Waals surface area (Å²) in [5.41, 5.74) is 4.64. The molecular formula is C22H36IN5O2. The third kappa shape index (κ3) is 7.79. The van der Waals surface area contributed by atoms with Gasteiger partial charge in [0, 0.05) is 30.9 Å². The Morgan fingerprint density at radius 3 is 2.63 bits per heavy atom. The summed E-state index contributed by atoms with van der Waals surface area (Å²) >= 11 is 0. The lowest BCUT2D eigenvalue weighted by molar-refractivity contribution is 0.126. The number of nitrogens with zero attached hydrogens (tertiary/aromatic N) is 3. The fourth-order valence-electron chi connectivity index (χ4n) is 3.25. The highest BCUT2D eigenvalue weighted by Gasteiger charge is 2.14. The average Bonchev–Trinajstić information content (AvgIpc) is 2.94. The van der Waals surface area contributed by atoms with E-state index in [1.165, 1.54) is 11.3 Å². The summed E-state index contributed by atoms with van der Waals surface area (Å²) < 4.78 is 13.1. The Morgan fingerprint density at radius 1 is 1.27 bits per heavy atom. The van der Waals surface area contributed by atoms with E-state index in [4.69, 9.17) is 9.47 Å². The third-order valence-electron chi connectivity index (χ3n) is 4.85. The molecule has 2 N–H and O–H groups in total. The average molecular weight is 529 g/mol. The van der Waals surface area contributed by atoms with Gasteiger partial charge in [0.15, 0.2) is 5.96 Å². The van der Waals surface area contributed by atoms with Gasteiger partial charge in [0.1, 0.15) is 5.75 Å². The van der Waals surface area contributed by atoms with E-state index in [0.717, 1.165) is 35.9 Å². The molecule has 1 aromatic carbocycles. The molecule has 1 aromatic heterocycles. The van der Waals surface area contributed by atoms with E-state index in [2.05, 4.69) is 48.4 Å². The van der Waals surface area contributed by atoms with Crippen molar-refractivity contribution < 1.29 is 9.47 Å². The number of rotatable bonds is 10. The van der Waals surface area contributed by atoms with Crippen molar-refractivity contribution in [3.8, 4) is 5.75 Å². The van der Waals surface area contributed by atoms with E-state index < -0.39 is 0 Å². The second-order valence-electron chi connectivity index (χ2n) is 7.15. The third-order valence-corrected chi connectivity index (χ3v) is 4.85. The quantitative estimate of drug-likeness (QED) is 0.214. The number of hydrogen-bond acceptors (Lipinski definition) is 4. The molecule has 0 aliphatic rings. The first kappa shape index (κ1) is 26.2. The van der Waals surface area contributed by atoms with Crippen molar-refractivity contribution in [1.82, 2.24) is 20.4 Å². The molecule has 2 rings (SSSR count). The molecule has 7 nitrogen and oxygen atoms in total. The molecular weight excluding hydrogens is 493 g/mol. The van der Waals surface area contributed by atoms with Crippen LogP contribution in [0.4, 0.5) is 0 Å².